The van der Waals surface area contributed by atoms with Crippen molar-refractivity contribution < 1.29 is 0 Å². The molecule has 1 aliphatic rings. The Morgan fingerprint density at radius 3 is 2.33 bits per heavy atom. The average Bonchev–Trinajstić information content (AvgIpc) is 2.72. The van der Waals surface area contributed by atoms with Crippen molar-refractivity contribution in [3.63, 3.8) is 0 Å². The van der Waals surface area contributed by atoms with E-state index in [0.29, 0.717) is 0 Å². The van der Waals surface area contributed by atoms with Crippen LogP contribution >= 0.6 is 0 Å². The molecule has 0 amide bonds. The molecule has 0 saturated carbocycles. The van der Waals surface area contributed by atoms with Crippen LogP contribution < -0.4 is 15.1 Å². The third kappa shape index (κ3) is 4.03. The highest BCUT2D eigenvalue weighted by atomic mass is 15.3. The molecular weight excluding hydrogens is 334 g/mol. The molecule has 0 atom stereocenters. The molecule has 1 fully saturated rings. The van der Waals surface area contributed by atoms with Crippen LogP contribution in [0.4, 0.5) is 23.0 Å². The number of piperazine rings is 1. The number of aromatic nitrogens is 2. The first kappa shape index (κ1) is 17.3. The normalized spacial score (nSPS) is 14.3. The number of para-hydroxylation sites is 1. The number of nitrogens with zero attached hydrogens (tertiary/aromatic N) is 4. The maximum atomic E-state index is 4.50. The standard InChI is InChI=1S/C22H25N5/c1-17-8-9-18(2)20(14-17)25-21-15-22(24-16-23-21)27-12-10-26(11-13-27)19-6-4-3-5-7-19/h3-9,14-16H,10-13H2,1-2H3,(H,23,24,25). The Morgan fingerprint density at radius 1 is 0.815 bits per heavy atom. The first-order valence-corrected chi connectivity index (χ1v) is 9.40. The molecule has 0 bridgehead atoms. The second-order valence-electron chi connectivity index (χ2n) is 7.01. The quantitative estimate of drug-likeness (QED) is 0.758. The van der Waals surface area contributed by atoms with Gasteiger partial charge in [0, 0.05) is 43.6 Å². The van der Waals surface area contributed by atoms with E-state index in [1.54, 1.807) is 6.33 Å². The van der Waals surface area contributed by atoms with Crippen molar-refractivity contribution in [3.8, 4) is 0 Å². The SMILES string of the molecule is Cc1ccc(C)c(Nc2cc(N3CCN(c4ccccc4)CC3)ncn2)c1. The number of hydrogen-bond acceptors (Lipinski definition) is 5. The molecule has 0 unspecified atom stereocenters. The predicted molar refractivity (Wildman–Crippen MR) is 112 cm³/mol. The lowest BCUT2D eigenvalue weighted by Gasteiger charge is -2.36. The van der Waals surface area contributed by atoms with Crippen LogP contribution in [0.3, 0.4) is 0 Å². The van der Waals surface area contributed by atoms with E-state index < -0.39 is 0 Å². The van der Waals surface area contributed by atoms with Crippen LogP contribution in [0.15, 0.2) is 60.9 Å². The zero-order chi connectivity index (χ0) is 18.6. The zero-order valence-electron chi connectivity index (χ0n) is 15.9. The Bertz CT molecular complexity index is 902. The molecule has 0 radical (unpaired) electrons. The smallest absolute Gasteiger partial charge is 0.135 e. The number of nitrogens with one attached hydrogen (secondary N) is 1. The molecular formula is C22H25N5. The minimum Gasteiger partial charge on any atom is -0.368 e. The number of rotatable bonds is 4. The maximum Gasteiger partial charge on any atom is 0.135 e. The van der Waals surface area contributed by atoms with Gasteiger partial charge in [-0.15, -0.1) is 0 Å². The summed E-state index contributed by atoms with van der Waals surface area (Å²) < 4.78 is 0. The number of anilines is 4. The maximum absolute atomic E-state index is 4.50. The van der Waals surface area contributed by atoms with Crippen LogP contribution in [0.25, 0.3) is 0 Å². The molecule has 27 heavy (non-hydrogen) atoms. The van der Waals surface area contributed by atoms with E-state index in [9.17, 15) is 0 Å². The number of aryl methyl sites for hydroxylation is 2. The molecule has 4 rings (SSSR count). The summed E-state index contributed by atoms with van der Waals surface area (Å²) in [7, 11) is 0. The lowest BCUT2D eigenvalue weighted by molar-refractivity contribution is 0.647. The molecule has 1 N–H and O–H groups in total. The van der Waals surface area contributed by atoms with E-state index >= 15 is 0 Å². The fourth-order valence-electron chi connectivity index (χ4n) is 3.43. The van der Waals surface area contributed by atoms with Crippen LogP contribution in [0, 0.1) is 13.8 Å². The molecule has 5 heteroatoms. The molecule has 5 nitrogen and oxygen atoms in total. The minimum absolute atomic E-state index is 0.833. The molecule has 0 spiro atoms. The Balaban J connectivity index is 1.45. The largest absolute Gasteiger partial charge is 0.368 e. The summed E-state index contributed by atoms with van der Waals surface area (Å²) in [5, 5.41) is 3.44. The Morgan fingerprint density at radius 2 is 1.56 bits per heavy atom. The highest BCUT2D eigenvalue weighted by Gasteiger charge is 2.18. The van der Waals surface area contributed by atoms with Crippen LogP contribution in [0.5, 0.6) is 0 Å². The van der Waals surface area contributed by atoms with Gasteiger partial charge in [0.25, 0.3) is 0 Å². The molecule has 2 heterocycles. The van der Waals surface area contributed by atoms with Crippen LogP contribution in [-0.4, -0.2) is 36.1 Å². The lowest BCUT2D eigenvalue weighted by Crippen LogP contribution is -2.46. The van der Waals surface area contributed by atoms with Crippen LogP contribution in [-0.2, 0) is 0 Å². The summed E-state index contributed by atoms with van der Waals surface area (Å²) in [6.45, 7) is 8.10. The van der Waals surface area contributed by atoms with Crippen LogP contribution in [0.2, 0.25) is 0 Å². The summed E-state index contributed by atoms with van der Waals surface area (Å²) in [5.74, 6) is 1.81. The summed E-state index contributed by atoms with van der Waals surface area (Å²) in [6, 6.07) is 19.0. The highest BCUT2D eigenvalue weighted by Crippen LogP contribution is 2.24. The van der Waals surface area contributed by atoms with E-state index in [-0.39, 0.29) is 0 Å². The van der Waals surface area contributed by atoms with Gasteiger partial charge in [-0.2, -0.15) is 0 Å². The Kier molecular flexibility index (Phi) is 4.92. The molecule has 3 aromatic rings. The van der Waals surface area contributed by atoms with Crippen molar-refractivity contribution in [2.24, 2.45) is 0 Å². The van der Waals surface area contributed by atoms with Crippen molar-refractivity contribution in [1.82, 2.24) is 9.97 Å². The van der Waals surface area contributed by atoms with Gasteiger partial charge in [0.05, 0.1) is 0 Å². The number of benzene rings is 2. The molecule has 1 saturated heterocycles. The van der Waals surface area contributed by atoms with Gasteiger partial charge in [-0.3, -0.25) is 0 Å². The third-order valence-corrected chi connectivity index (χ3v) is 5.03. The topological polar surface area (TPSA) is 44.3 Å². The zero-order valence-corrected chi connectivity index (χ0v) is 15.9. The number of hydrogen-bond donors (Lipinski definition) is 1. The van der Waals surface area contributed by atoms with Gasteiger partial charge in [0.15, 0.2) is 0 Å². The summed E-state index contributed by atoms with van der Waals surface area (Å²) in [6.07, 6.45) is 1.65. The van der Waals surface area contributed by atoms with E-state index in [1.165, 1.54) is 16.8 Å². The van der Waals surface area contributed by atoms with Gasteiger partial charge < -0.3 is 15.1 Å². The van der Waals surface area contributed by atoms with Crippen molar-refractivity contribution in [2.45, 2.75) is 13.8 Å². The molecule has 1 aliphatic heterocycles. The predicted octanol–water partition coefficient (Wildman–Crippen LogP) is 4.16. The highest BCUT2D eigenvalue weighted by molar-refractivity contribution is 5.63. The van der Waals surface area contributed by atoms with Gasteiger partial charge in [-0.05, 0) is 43.2 Å². The minimum atomic E-state index is 0.833. The summed E-state index contributed by atoms with van der Waals surface area (Å²) in [4.78, 5) is 13.7. The molecule has 0 aliphatic carbocycles. The monoisotopic (exact) mass is 359 g/mol. The fraction of sp³-hybridized carbons (Fsp3) is 0.273. The first-order valence-electron chi connectivity index (χ1n) is 9.40. The third-order valence-electron chi connectivity index (χ3n) is 5.03. The van der Waals surface area contributed by atoms with Gasteiger partial charge in [0.2, 0.25) is 0 Å². The Labute approximate surface area is 160 Å². The molecule has 138 valence electrons. The van der Waals surface area contributed by atoms with Gasteiger partial charge >= 0.3 is 0 Å². The van der Waals surface area contributed by atoms with Crippen molar-refractivity contribution in [2.75, 3.05) is 41.3 Å². The summed E-state index contributed by atoms with van der Waals surface area (Å²) >= 11 is 0. The van der Waals surface area contributed by atoms with Gasteiger partial charge in [-0.25, -0.2) is 9.97 Å². The molecule has 1 aromatic heterocycles. The van der Waals surface area contributed by atoms with Crippen LogP contribution in [0.1, 0.15) is 11.1 Å². The van der Waals surface area contributed by atoms with Crippen molar-refractivity contribution >= 4 is 23.0 Å². The second kappa shape index (κ2) is 7.66. The van der Waals surface area contributed by atoms with E-state index in [4.69, 9.17) is 0 Å². The average molecular weight is 359 g/mol. The summed E-state index contributed by atoms with van der Waals surface area (Å²) in [5.41, 5.74) is 4.82. The van der Waals surface area contributed by atoms with E-state index in [2.05, 4.69) is 87.5 Å². The van der Waals surface area contributed by atoms with E-state index in [1.807, 2.05) is 6.07 Å². The van der Waals surface area contributed by atoms with Crippen molar-refractivity contribution in [3.05, 3.63) is 72.1 Å². The molecule has 2 aromatic carbocycles. The lowest BCUT2D eigenvalue weighted by atomic mass is 10.1. The first-order chi connectivity index (χ1) is 13.2. The van der Waals surface area contributed by atoms with Gasteiger partial charge in [0.1, 0.15) is 18.0 Å². The van der Waals surface area contributed by atoms with E-state index in [0.717, 1.165) is 43.5 Å². The second-order valence-corrected chi connectivity index (χ2v) is 7.01. The Hall–Kier alpha value is -3.08. The van der Waals surface area contributed by atoms with Crippen molar-refractivity contribution in [1.29, 1.82) is 0 Å². The fourth-order valence-corrected chi connectivity index (χ4v) is 3.43. The van der Waals surface area contributed by atoms with Gasteiger partial charge in [-0.1, -0.05) is 30.3 Å².